The van der Waals surface area contributed by atoms with E-state index in [1.165, 1.54) is 25.3 Å². The second kappa shape index (κ2) is 16.4. The van der Waals surface area contributed by atoms with Crippen molar-refractivity contribution in [3.05, 3.63) is 34.6 Å². The van der Waals surface area contributed by atoms with E-state index in [1.54, 1.807) is 26.8 Å². The summed E-state index contributed by atoms with van der Waals surface area (Å²) in [6.45, 7) is 11.6. The molecule has 1 aromatic rings. The summed E-state index contributed by atoms with van der Waals surface area (Å²) in [6.07, 6.45) is 6.54. The van der Waals surface area contributed by atoms with E-state index in [-0.39, 0.29) is 35.1 Å². The summed E-state index contributed by atoms with van der Waals surface area (Å²) < 4.78 is 30.8. The van der Waals surface area contributed by atoms with Gasteiger partial charge >= 0.3 is 12.1 Å². The molecule has 0 radical (unpaired) electrons. The molecule has 0 fully saturated rings. The zero-order chi connectivity index (χ0) is 26.4. The van der Waals surface area contributed by atoms with Crippen LogP contribution in [0.15, 0.2) is 23.8 Å². The molecule has 35 heavy (non-hydrogen) atoms. The number of rotatable bonds is 15. The van der Waals surface area contributed by atoms with E-state index >= 15 is 0 Å². The highest BCUT2D eigenvalue weighted by atomic mass is 35.5. The van der Waals surface area contributed by atoms with Gasteiger partial charge in [0.15, 0.2) is 0 Å². The van der Waals surface area contributed by atoms with Crippen molar-refractivity contribution in [1.82, 2.24) is 0 Å². The fourth-order valence-electron chi connectivity index (χ4n) is 3.35. The molecule has 0 aromatic heterocycles. The number of nitrogens with one attached hydrogen (secondary N) is 1. The number of hydrogen-bond acceptors (Lipinski definition) is 5. The van der Waals surface area contributed by atoms with Crippen LogP contribution in [0, 0.1) is 11.7 Å². The van der Waals surface area contributed by atoms with Gasteiger partial charge in [-0.3, -0.25) is 5.32 Å². The summed E-state index contributed by atoms with van der Waals surface area (Å²) in [6, 6.07) is 2.34. The molecular formula is C27H41ClFNO5. The van der Waals surface area contributed by atoms with Gasteiger partial charge in [-0.1, -0.05) is 70.6 Å². The fraction of sp³-hybridized carbons (Fsp3) is 0.630. The summed E-state index contributed by atoms with van der Waals surface area (Å²) in [4.78, 5) is 25.5. The Morgan fingerprint density at radius 3 is 2.34 bits per heavy atom. The summed E-state index contributed by atoms with van der Waals surface area (Å²) >= 11 is 6.04. The minimum absolute atomic E-state index is 0.0837. The zero-order valence-corrected chi connectivity index (χ0v) is 22.7. The summed E-state index contributed by atoms with van der Waals surface area (Å²) in [5.74, 6) is -1.04. The third-order valence-electron chi connectivity index (χ3n) is 5.15. The lowest BCUT2D eigenvalue weighted by Gasteiger charge is -2.21. The van der Waals surface area contributed by atoms with Gasteiger partial charge in [0.2, 0.25) is 6.10 Å². The average Bonchev–Trinajstić information content (AvgIpc) is 2.78. The average molecular weight is 514 g/mol. The Labute approximate surface area is 214 Å². The van der Waals surface area contributed by atoms with Gasteiger partial charge in [0.05, 0.1) is 23.4 Å². The molecule has 0 aliphatic heterocycles. The molecule has 8 heteroatoms. The predicted octanol–water partition coefficient (Wildman–Crippen LogP) is 8.08. The van der Waals surface area contributed by atoms with Crippen LogP contribution in [0.4, 0.5) is 14.9 Å². The van der Waals surface area contributed by atoms with Gasteiger partial charge in [-0.15, -0.1) is 0 Å². The van der Waals surface area contributed by atoms with Crippen LogP contribution in [-0.4, -0.2) is 30.9 Å². The van der Waals surface area contributed by atoms with Gasteiger partial charge in [-0.05, 0) is 51.2 Å². The molecule has 0 saturated carbocycles. The van der Waals surface area contributed by atoms with Crippen molar-refractivity contribution >= 4 is 29.4 Å². The van der Waals surface area contributed by atoms with Crippen LogP contribution in [0.5, 0.6) is 5.75 Å². The van der Waals surface area contributed by atoms with Crippen molar-refractivity contribution in [3.8, 4) is 5.75 Å². The van der Waals surface area contributed by atoms with Crippen molar-refractivity contribution in [2.45, 2.75) is 98.7 Å². The van der Waals surface area contributed by atoms with Crippen LogP contribution < -0.4 is 10.1 Å². The van der Waals surface area contributed by atoms with E-state index in [4.69, 9.17) is 25.8 Å². The van der Waals surface area contributed by atoms with Crippen molar-refractivity contribution in [2.75, 3.05) is 11.9 Å². The fourth-order valence-corrected chi connectivity index (χ4v) is 3.55. The van der Waals surface area contributed by atoms with Crippen LogP contribution in [0.25, 0.3) is 0 Å². The molecule has 0 aliphatic carbocycles. The molecular weight excluding hydrogens is 473 g/mol. The maximum Gasteiger partial charge on any atom is 0.412 e. The number of benzene rings is 1. The van der Waals surface area contributed by atoms with Crippen LogP contribution in [0.3, 0.4) is 0 Å². The first-order chi connectivity index (χ1) is 16.6. The maximum absolute atomic E-state index is 14.4. The van der Waals surface area contributed by atoms with Crippen molar-refractivity contribution in [3.63, 3.8) is 0 Å². The van der Waals surface area contributed by atoms with E-state index in [0.29, 0.717) is 12.0 Å². The first-order valence-corrected chi connectivity index (χ1v) is 12.9. The minimum atomic E-state index is -1.21. The van der Waals surface area contributed by atoms with Gasteiger partial charge in [-0.25, -0.2) is 14.0 Å². The first kappa shape index (κ1) is 30.8. The van der Waals surface area contributed by atoms with E-state index in [1.807, 2.05) is 13.8 Å². The Bertz CT molecular complexity index is 841. The summed E-state index contributed by atoms with van der Waals surface area (Å²) in [7, 11) is 0. The number of ether oxygens (including phenoxy) is 3. The molecule has 0 spiro atoms. The van der Waals surface area contributed by atoms with Gasteiger partial charge < -0.3 is 14.2 Å². The molecule has 6 nitrogen and oxygen atoms in total. The lowest BCUT2D eigenvalue weighted by molar-refractivity contribution is -0.152. The quantitative estimate of drug-likeness (QED) is 0.146. The van der Waals surface area contributed by atoms with Crippen LogP contribution in [-0.2, 0) is 14.3 Å². The number of carbonyl (C=O) groups is 2. The molecule has 0 aliphatic rings. The highest BCUT2D eigenvalue weighted by molar-refractivity contribution is 6.32. The molecule has 0 heterocycles. The largest absolute Gasteiger partial charge is 0.489 e. The SMILES string of the molecule is CC=C(CCCCCCCC)C(OC(=O)Nc1cc(OC(C)C)c(Cl)cc1F)C(=O)OCC(C)C. The van der Waals surface area contributed by atoms with Crippen molar-refractivity contribution in [2.24, 2.45) is 5.92 Å². The van der Waals surface area contributed by atoms with Crippen molar-refractivity contribution in [1.29, 1.82) is 0 Å². The maximum atomic E-state index is 14.4. The molecule has 198 valence electrons. The lowest BCUT2D eigenvalue weighted by Crippen LogP contribution is -2.33. The van der Waals surface area contributed by atoms with E-state index < -0.39 is 24.0 Å². The molecule has 1 unspecified atom stereocenters. The Morgan fingerprint density at radius 1 is 1.09 bits per heavy atom. The predicted molar refractivity (Wildman–Crippen MR) is 139 cm³/mol. The molecule has 1 aromatic carbocycles. The van der Waals surface area contributed by atoms with Crippen LogP contribution in [0.2, 0.25) is 5.02 Å². The number of unbranched alkanes of at least 4 members (excludes halogenated alkanes) is 5. The lowest BCUT2D eigenvalue weighted by atomic mass is 10.0. The first-order valence-electron chi connectivity index (χ1n) is 12.5. The second-order valence-electron chi connectivity index (χ2n) is 9.24. The van der Waals surface area contributed by atoms with Gasteiger partial charge in [0, 0.05) is 6.07 Å². The highest BCUT2D eigenvalue weighted by Crippen LogP contribution is 2.31. The minimum Gasteiger partial charge on any atom is -0.489 e. The molecule has 0 saturated heterocycles. The van der Waals surface area contributed by atoms with Crippen molar-refractivity contribution < 1.29 is 28.2 Å². The number of amides is 1. The van der Waals surface area contributed by atoms with Crippen LogP contribution in [0.1, 0.15) is 86.5 Å². The standard InChI is InChI=1S/C27H41ClFNO5/c1-7-9-10-11-12-13-14-20(8-2)25(26(31)33-17-18(3)4)35-27(32)30-23-16-24(34-19(5)6)21(28)15-22(23)29/h8,15-16,18-19,25H,7,9-14,17H2,1-6H3,(H,30,32). The molecule has 1 N–H and O–H groups in total. The number of hydrogen-bond donors (Lipinski definition) is 1. The summed E-state index contributed by atoms with van der Waals surface area (Å²) in [5, 5.41) is 2.44. The topological polar surface area (TPSA) is 73.9 Å². The molecule has 1 rings (SSSR count). The highest BCUT2D eigenvalue weighted by Gasteiger charge is 2.29. The zero-order valence-electron chi connectivity index (χ0n) is 21.9. The normalized spacial score (nSPS) is 12.6. The molecule has 0 bridgehead atoms. The van der Waals surface area contributed by atoms with E-state index in [0.717, 1.165) is 25.3 Å². The smallest absolute Gasteiger partial charge is 0.412 e. The number of halogens is 2. The third kappa shape index (κ3) is 11.8. The van der Waals surface area contributed by atoms with E-state index in [9.17, 15) is 14.0 Å². The molecule has 1 amide bonds. The second-order valence-corrected chi connectivity index (χ2v) is 9.65. The monoisotopic (exact) mass is 513 g/mol. The number of carbonyl (C=O) groups excluding carboxylic acids is 2. The summed E-state index contributed by atoms with van der Waals surface area (Å²) in [5.41, 5.74) is 0.493. The third-order valence-corrected chi connectivity index (χ3v) is 5.44. The van der Waals surface area contributed by atoms with Gasteiger partial charge in [0.25, 0.3) is 0 Å². The Hall–Kier alpha value is -2.28. The van der Waals surface area contributed by atoms with Gasteiger partial charge in [0.1, 0.15) is 11.6 Å². The number of allylic oxidation sites excluding steroid dienone is 1. The molecule has 1 atom stereocenters. The Balaban J connectivity index is 2.95. The van der Waals surface area contributed by atoms with E-state index in [2.05, 4.69) is 12.2 Å². The number of esters is 1. The number of anilines is 1. The Morgan fingerprint density at radius 2 is 1.74 bits per heavy atom. The van der Waals surface area contributed by atoms with Gasteiger partial charge in [-0.2, -0.15) is 0 Å². The Kier molecular flexibility index (Phi) is 14.4. The van der Waals surface area contributed by atoms with Crippen LogP contribution >= 0.6 is 11.6 Å².